The van der Waals surface area contributed by atoms with Crippen molar-refractivity contribution in [3.63, 3.8) is 0 Å². The van der Waals surface area contributed by atoms with E-state index in [2.05, 4.69) is 31.3 Å². The van der Waals surface area contributed by atoms with Gasteiger partial charge in [-0.1, -0.05) is 31.5 Å². The van der Waals surface area contributed by atoms with Crippen LogP contribution in [0.15, 0.2) is 18.2 Å². The molecule has 1 aliphatic carbocycles. The van der Waals surface area contributed by atoms with Crippen LogP contribution >= 0.6 is 11.6 Å². The van der Waals surface area contributed by atoms with Gasteiger partial charge in [-0.2, -0.15) is 0 Å². The third-order valence-corrected chi connectivity index (χ3v) is 4.15. The van der Waals surface area contributed by atoms with Crippen LogP contribution in [-0.4, -0.2) is 13.7 Å². The van der Waals surface area contributed by atoms with E-state index >= 15 is 0 Å². The Bertz CT molecular complexity index is 415. The Labute approximate surface area is 115 Å². The van der Waals surface area contributed by atoms with Crippen LogP contribution in [0.2, 0.25) is 5.02 Å². The summed E-state index contributed by atoms with van der Waals surface area (Å²) in [6.07, 6.45) is 3.73. The molecule has 0 aliphatic heterocycles. The zero-order valence-corrected chi connectivity index (χ0v) is 12.2. The minimum absolute atomic E-state index is 0.397. The van der Waals surface area contributed by atoms with Crippen LogP contribution in [0, 0.1) is 5.41 Å². The maximum absolute atomic E-state index is 6.09. The molecule has 100 valence electrons. The van der Waals surface area contributed by atoms with E-state index in [4.69, 9.17) is 16.3 Å². The highest BCUT2D eigenvalue weighted by molar-refractivity contribution is 6.32. The predicted molar refractivity (Wildman–Crippen MR) is 76.4 cm³/mol. The molecule has 1 atom stereocenters. The van der Waals surface area contributed by atoms with Gasteiger partial charge in [-0.25, -0.2) is 0 Å². The number of benzene rings is 1. The van der Waals surface area contributed by atoms with E-state index in [1.165, 1.54) is 18.4 Å². The second kappa shape index (κ2) is 5.50. The fraction of sp³-hybridized carbons (Fsp3) is 0.600. The van der Waals surface area contributed by atoms with Gasteiger partial charge in [-0.3, -0.25) is 0 Å². The zero-order valence-electron chi connectivity index (χ0n) is 11.4. The number of nitrogens with one attached hydrogen (secondary N) is 1. The molecule has 0 saturated heterocycles. The summed E-state index contributed by atoms with van der Waals surface area (Å²) in [6.45, 7) is 5.59. The molecule has 1 unspecified atom stereocenters. The van der Waals surface area contributed by atoms with Gasteiger partial charge in [-0.05, 0) is 48.9 Å². The molecule has 2 rings (SSSR count). The lowest BCUT2D eigenvalue weighted by molar-refractivity contribution is 0.363. The lowest BCUT2D eigenvalue weighted by Gasteiger charge is -2.26. The summed E-state index contributed by atoms with van der Waals surface area (Å²) in [5.41, 5.74) is 1.68. The van der Waals surface area contributed by atoms with Gasteiger partial charge in [0, 0.05) is 6.04 Å². The molecular formula is C15H22ClNO. The Kier molecular flexibility index (Phi) is 4.18. The highest BCUT2D eigenvalue weighted by atomic mass is 35.5. The second-order valence-corrected chi connectivity index (χ2v) is 5.84. The number of halogens is 1. The van der Waals surface area contributed by atoms with E-state index in [1.807, 2.05) is 6.07 Å². The summed E-state index contributed by atoms with van der Waals surface area (Å²) in [5.74, 6) is 0.765. The van der Waals surface area contributed by atoms with Crippen LogP contribution in [0.5, 0.6) is 5.75 Å². The maximum atomic E-state index is 6.09. The van der Waals surface area contributed by atoms with Gasteiger partial charge in [0.1, 0.15) is 5.75 Å². The first-order valence-corrected chi connectivity index (χ1v) is 7.05. The smallest absolute Gasteiger partial charge is 0.137 e. The van der Waals surface area contributed by atoms with Crippen molar-refractivity contribution in [2.24, 2.45) is 5.41 Å². The number of rotatable bonds is 6. The van der Waals surface area contributed by atoms with E-state index < -0.39 is 0 Å². The van der Waals surface area contributed by atoms with Crippen molar-refractivity contribution >= 4 is 11.6 Å². The Morgan fingerprint density at radius 2 is 2.17 bits per heavy atom. The van der Waals surface area contributed by atoms with Crippen molar-refractivity contribution in [1.82, 2.24) is 5.32 Å². The minimum atomic E-state index is 0.397. The third-order valence-electron chi connectivity index (χ3n) is 3.84. The Morgan fingerprint density at radius 1 is 1.44 bits per heavy atom. The molecule has 1 fully saturated rings. The lowest BCUT2D eigenvalue weighted by atomic mass is 9.91. The van der Waals surface area contributed by atoms with Gasteiger partial charge in [0.2, 0.25) is 0 Å². The van der Waals surface area contributed by atoms with E-state index in [9.17, 15) is 0 Å². The highest BCUT2D eigenvalue weighted by Gasteiger charge is 2.45. The zero-order chi connectivity index (χ0) is 13.2. The molecule has 18 heavy (non-hydrogen) atoms. The Hall–Kier alpha value is -0.730. The molecule has 0 radical (unpaired) electrons. The summed E-state index contributed by atoms with van der Waals surface area (Å²) in [4.78, 5) is 0. The van der Waals surface area contributed by atoms with Gasteiger partial charge in [0.05, 0.1) is 12.1 Å². The molecule has 1 aromatic rings. The maximum Gasteiger partial charge on any atom is 0.137 e. The second-order valence-electron chi connectivity index (χ2n) is 5.44. The molecule has 0 amide bonds. The monoisotopic (exact) mass is 267 g/mol. The van der Waals surface area contributed by atoms with E-state index in [1.54, 1.807) is 7.11 Å². The molecule has 1 N–H and O–H groups in total. The van der Waals surface area contributed by atoms with Gasteiger partial charge < -0.3 is 10.1 Å². The van der Waals surface area contributed by atoms with Gasteiger partial charge in [0.25, 0.3) is 0 Å². The van der Waals surface area contributed by atoms with E-state index in [0.717, 1.165) is 18.7 Å². The number of hydrogen-bond acceptors (Lipinski definition) is 2. The molecular weight excluding hydrogens is 246 g/mol. The largest absolute Gasteiger partial charge is 0.495 e. The van der Waals surface area contributed by atoms with Crippen molar-refractivity contribution in [3.05, 3.63) is 28.8 Å². The van der Waals surface area contributed by atoms with Crippen molar-refractivity contribution in [2.45, 2.75) is 39.2 Å². The topological polar surface area (TPSA) is 21.3 Å². The Morgan fingerprint density at radius 3 is 2.72 bits per heavy atom. The summed E-state index contributed by atoms with van der Waals surface area (Å²) in [5, 5.41) is 4.34. The van der Waals surface area contributed by atoms with E-state index in [-0.39, 0.29) is 0 Å². The fourth-order valence-corrected chi connectivity index (χ4v) is 2.59. The van der Waals surface area contributed by atoms with Crippen molar-refractivity contribution in [3.8, 4) is 5.75 Å². The summed E-state index contributed by atoms with van der Waals surface area (Å²) < 4.78 is 5.31. The molecule has 0 heterocycles. The van der Waals surface area contributed by atoms with E-state index in [0.29, 0.717) is 16.5 Å². The lowest BCUT2D eigenvalue weighted by Crippen LogP contribution is -2.28. The summed E-state index contributed by atoms with van der Waals surface area (Å²) in [7, 11) is 1.66. The molecule has 1 aliphatic rings. The first kappa shape index (κ1) is 13.7. The van der Waals surface area contributed by atoms with Gasteiger partial charge >= 0.3 is 0 Å². The molecule has 1 saturated carbocycles. The molecule has 0 spiro atoms. The third kappa shape index (κ3) is 2.81. The average Bonchev–Trinajstić information content (AvgIpc) is 3.10. The molecule has 2 nitrogen and oxygen atoms in total. The van der Waals surface area contributed by atoms with Gasteiger partial charge in [-0.15, -0.1) is 0 Å². The highest BCUT2D eigenvalue weighted by Crippen LogP contribution is 2.54. The van der Waals surface area contributed by atoms with Crippen LogP contribution in [-0.2, 0) is 0 Å². The standard InChI is InChI=1S/C15H22ClNO/c1-4-9-17-14(15(2)7-8-15)11-5-6-12(16)13(10-11)18-3/h5-6,10,14,17H,4,7-9H2,1-3H3. The normalized spacial score (nSPS) is 18.4. The SMILES string of the molecule is CCCNC(c1ccc(Cl)c(OC)c1)C1(C)CC1. The van der Waals surface area contributed by atoms with Crippen LogP contribution in [0.1, 0.15) is 44.7 Å². The quantitative estimate of drug-likeness (QED) is 0.834. The van der Waals surface area contributed by atoms with Crippen molar-refractivity contribution < 1.29 is 4.74 Å². The first-order valence-electron chi connectivity index (χ1n) is 6.67. The number of hydrogen-bond donors (Lipinski definition) is 1. The van der Waals surface area contributed by atoms with Crippen LogP contribution in [0.3, 0.4) is 0 Å². The predicted octanol–water partition coefficient (Wildman–Crippen LogP) is 4.19. The molecule has 0 bridgehead atoms. The number of ether oxygens (including phenoxy) is 1. The Balaban J connectivity index is 2.24. The van der Waals surface area contributed by atoms with Crippen molar-refractivity contribution in [2.75, 3.05) is 13.7 Å². The summed E-state index contributed by atoms with van der Waals surface area (Å²) in [6, 6.07) is 6.52. The minimum Gasteiger partial charge on any atom is -0.495 e. The van der Waals surface area contributed by atoms with Crippen LogP contribution < -0.4 is 10.1 Å². The summed E-state index contributed by atoms with van der Waals surface area (Å²) >= 11 is 6.09. The average molecular weight is 268 g/mol. The van der Waals surface area contributed by atoms with Crippen LogP contribution in [0.25, 0.3) is 0 Å². The van der Waals surface area contributed by atoms with Crippen molar-refractivity contribution in [1.29, 1.82) is 0 Å². The molecule has 1 aromatic carbocycles. The fourth-order valence-electron chi connectivity index (χ4n) is 2.40. The number of methoxy groups -OCH3 is 1. The first-order chi connectivity index (χ1) is 8.60. The van der Waals surface area contributed by atoms with Crippen LogP contribution in [0.4, 0.5) is 0 Å². The van der Waals surface area contributed by atoms with Gasteiger partial charge in [0.15, 0.2) is 0 Å². The molecule has 0 aromatic heterocycles. The molecule has 3 heteroatoms.